The highest BCUT2D eigenvalue weighted by molar-refractivity contribution is 14.0. The van der Waals surface area contributed by atoms with Crippen molar-refractivity contribution >= 4 is 29.9 Å². The van der Waals surface area contributed by atoms with E-state index in [2.05, 4.69) is 46.3 Å². The van der Waals surface area contributed by atoms with Gasteiger partial charge in [0.1, 0.15) is 5.76 Å². The molecule has 6 nitrogen and oxygen atoms in total. The quantitative estimate of drug-likeness (QED) is 0.286. The van der Waals surface area contributed by atoms with Crippen molar-refractivity contribution in [3.05, 3.63) is 17.3 Å². The average molecular weight is 520 g/mol. The number of aliphatic imine (C=N–C) groups is 1. The van der Waals surface area contributed by atoms with Crippen LogP contribution in [0.1, 0.15) is 70.2 Å². The summed E-state index contributed by atoms with van der Waals surface area (Å²) >= 11 is 0. The van der Waals surface area contributed by atoms with Crippen LogP contribution in [0.15, 0.2) is 9.41 Å². The summed E-state index contributed by atoms with van der Waals surface area (Å²) in [6.45, 7) is 14.8. The number of aryl methyl sites for hydroxylation is 2. The van der Waals surface area contributed by atoms with Crippen molar-refractivity contribution in [3.63, 3.8) is 0 Å². The first kappa shape index (κ1) is 26.2. The Bertz CT molecular complexity index is 589. The molecule has 29 heavy (non-hydrogen) atoms. The lowest BCUT2D eigenvalue weighted by atomic mass is 9.97. The fourth-order valence-electron chi connectivity index (χ4n) is 3.72. The van der Waals surface area contributed by atoms with Crippen LogP contribution in [-0.4, -0.2) is 48.6 Å². The Morgan fingerprint density at radius 2 is 1.90 bits per heavy atom. The van der Waals surface area contributed by atoms with E-state index in [1.165, 1.54) is 32.1 Å². The zero-order chi connectivity index (χ0) is 20.5. The summed E-state index contributed by atoms with van der Waals surface area (Å²) in [5, 5.41) is 7.07. The van der Waals surface area contributed by atoms with E-state index >= 15 is 0 Å². The van der Waals surface area contributed by atoms with Crippen molar-refractivity contribution in [1.29, 1.82) is 0 Å². The summed E-state index contributed by atoms with van der Waals surface area (Å²) in [7, 11) is 1.86. The highest BCUT2D eigenvalue weighted by atomic mass is 127. The van der Waals surface area contributed by atoms with E-state index in [4.69, 9.17) is 4.42 Å². The van der Waals surface area contributed by atoms with E-state index in [1.807, 2.05) is 20.9 Å². The number of halogens is 1. The van der Waals surface area contributed by atoms with Gasteiger partial charge in [-0.15, -0.1) is 24.0 Å². The van der Waals surface area contributed by atoms with Crippen molar-refractivity contribution in [2.24, 2.45) is 16.8 Å². The second-order valence-electron chi connectivity index (χ2n) is 8.79. The fourth-order valence-corrected chi connectivity index (χ4v) is 3.72. The normalized spacial score (nSPS) is 17.3. The molecule has 1 aliphatic rings. The number of aromatic nitrogens is 1. The number of hydrogen-bond acceptors (Lipinski definition) is 4. The molecule has 0 spiro atoms. The summed E-state index contributed by atoms with van der Waals surface area (Å²) < 4.78 is 5.73. The van der Waals surface area contributed by atoms with Gasteiger partial charge in [0.15, 0.2) is 5.96 Å². The Balaban J connectivity index is 0.00000420. The molecule has 168 valence electrons. The van der Waals surface area contributed by atoms with Gasteiger partial charge in [-0.05, 0) is 65.0 Å². The molecule has 0 saturated carbocycles. The second kappa shape index (κ2) is 13.5. The van der Waals surface area contributed by atoms with Crippen molar-refractivity contribution < 1.29 is 4.42 Å². The molecular formula is C22H42IN5O. The third-order valence-electron chi connectivity index (χ3n) is 5.72. The molecule has 2 N–H and O–H groups in total. The van der Waals surface area contributed by atoms with Crippen LogP contribution in [0.5, 0.6) is 0 Å². The molecule has 1 aliphatic heterocycles. The number of likely N-dealkylation sites (tertiary alicyclic amines) is 1. The van der Waals surface area contributed by atoms with Crippen molar-refractivity contribution in [2.45, 2.75) is 79.3 Å². The lowest BCUT2D eigenvalue weighted by Gasteiger charge is -2.31. The third kappa shape index (κ3) is 9.68. The Morgan fingerprint density at radius 1 is 1.21 bits per heavy atom. The topological polar surface area (TPSA) is 65.7 Å². The van der Waals surface area contributed by atoms with Crippen LogP contribution < -0.4 is 10.6 Å². The van der Waals surface area contributed by atoms with Gasteiger partial charge in [0.2, 0.25) is 5.89 Å². The van der Waals surface area contributed by atoms with Crippen molar-refractivity contribution in [2.75, 3.05) is 26.7 Å². The number of hydrogen-bond donors (Lipinski definition) is 2. The van der Waals surface area contributed by atoms with Crippen molar-refractivity contribution in [3.8, 4) is 0 Å². The molecule has 1 aromatic rings. The average Bonchev–Trinajstić information content (AvgIpc) is 2.96. The largest absolute Gasteiger partial charge is 0.444 e. The standard InChI is InChI=1S/C22H41N5O.HI/c1-16(2)8-7-9-17(3)25-22(23-6)24-14-20-10-12-27(13-11-20)15-21-26-18(4)19(5)28-21;/h16-17,20H,7-15H2,1-6H3,(H2,23,24,25);1H. The number of nitrogens with zero attached hydrogens (tertiary/aromatic N) is 3. The van der Waals surface area contributed by atoms with E-state index in [-0.39, 0.29) is 24.0 Å². The number of rotatable bonds is 9. The molecule has 1 unspecified atom stereocenters. The molecule has 1 fully saturated rings. The van der Waals surface area contributed by atoms with Gasteiger partial charge in [-0.3, -0.25) is 9.89 Å². The molecular weight excluding hydrogens is 477 g/mol. The first-order valence-corrected chi connectivity index (χ1v) is 11.0. The van der Waals surface area contributed by atoms with Gasteiger partial charge in [-0.25, -0.2) is 4.98 Å². The lowest BCUT2D eigenvalue weighted by Crippen LogP contribution is -2.45. The summed E-state index contributed by atoms with van der Waals surface area (Å²) in [4.78, 5) is 11.4. The van der Waals surface area contributed by atoms with Crippen LogP contribution in [0, 0.1) is 25.7 Å². The van der Waals surface area contributed by atoms with Crippen LogP contribution >= 0.6 is 24.0 Å². The lowest BCUT2D eigenvalue weighted by molar-refractivity contribution is 0.164. The number of piperidine rings is 1. The SMILES string of the molecule is CN=C(NCC1CCN(Cc2nc(C)c(C)o2)CC1)NC(C)CCCC(C)C.I. The second-order valence-corrected chi connectivity index (χ2v) is 8.79. The van der Waals surface area contributed by atoms with Crippen LogP contribution in [0.25, 0.3) is 0 Å². The van der Waals surface area contributed by atoms with Gasteiger partial charge in [-0.1, -0.05) is 26.7 Å². The predicted octanol–water partition coefficient (Wildman–Crippen LogP) is 4.50. The van der Waals surface area contributed by atoms with E-state index in [1.54, 1.807) is 0 Å². The molecule has 0 amide bonds. The fraction of sp³-hybridized carbons (Fsp3) is 0.818. The van der Waals surface area contributed by atoms with Crippen LogP contribution in [-0.2, 0) is 6.54 Å². The van der Waals surface area contributed by atoms with Crippen molar-refractivity contribution in [1.82, 2.24) is 20.5 Å². The minimum atomic E-state index is 0. The van der Waals surface area contributed by atoms with E-state index < -0.39 is 0 Å². The van der Waals surface area contributed by atoms with Gasteiger partial charge in [0.05, 0.1) is 12.2 Å². The number of oxazole rings is 1. The predicted molar refractivity (Wildman–Crippen MR) is 132 cm³/mol. The van der Waals surface area contributed by atoms with Crippen LogP contribution in [0.3, 0.4) is 0 Å². The highest BCUT2D eigenvalue weighted by Crippen LogP contribution is 2.19. The maximum atomic E-state index is 5.73. The van der Waals surface area contributed by atoms with E-state index in [9.17, 15) is 0 Å². The van der Waals surface area contributed by atoms with Gasteiger partial charge >= 0.3 is 0 Å². The van der Waals surface area contributed by atoms with E-state index in [0.29, 0.717) is 12.0 Å². The molecule has 1 saturated heterocycles. The van der Waals surface area contributed by atoms with Crippen LogP contribution in [0.4, 0.5) is 0 Å². The maximum absolute atomic E-state index is 5.73. The Kier molecular flexibility index (Phi) is 12.2. The molecule has 1 aromatic heterocycles. The molecule has 0 aromatic carbocycles. The zero-order valence-electron chi connectivity index (χ0n) is 19.3. The molecule has 0 aliphatic carbocycles. The summed E-state index contributed by atoms with van der Waals surface area (Å²) in [6, 6.07) is 0.458. The van der Waals surface area contributed by atoms with Gasteiger partial charge in [-0.2, -0.15) is 0 Å². The van der Waals surface area contributed by atoms with E-state index in [0.717, 1.165) is 55.4 Å². The first-order chi connectivity index (χ1) is 13.4. The molecule has 0 radical (unpaired) electrons. The van der Waals surface area contributed by atoms with Gasteiger partial charge in [0, 0.05) is 19.6 Å². The minimum Gasteiger partial charge on any atom is -0.444 e. The summed E-state index contributed by atoms with van der Waals surface area (Å²) in [5.74, 6) is 4.20. The van der Waals surface area contributed by atoms with Gasteiger partial charge in [0.25, 0.3) is 0 Å². The Hall–Kier alpha value is -0.830. The molecule has 2 heterocycles. The molecule has 0 bridgehead atoms. The number of guanidine groups is 1. The Labute approximate surface area is 194 Å². The van der Waals surface area contributed by atoms with Gasteiger partial charge < -0.3 is 15.1 Å². The first-order valence-electron chi connectivity index (χ1n) is 11.0. The summed E-state index contributed by atoms with van der Waals surface area (Å²) in [6.07, 6.45) is 6.16. The highest BCUT2D eigenvalue weighted by Gasteiger charge is 2.21. The zero-order valence-corrected chi connectivity index (χ0v) is 21.6. The number of nitrogens with one attached hydrogen (secondary N) is 2. The molecule has 7 heteroatoms. The smallest absolute Gasteiger partial charge is 0.208 e. The third-order valence-corrected chi connectivity index (χ3v) is 5.72. The monoisotopic (exact) mass is 519 g/mol. The minimum absolute atomic E-state index is 0. The maximum Gasteiger partial charge on any atom is 0.208 e. The molecule has 2 rings (SSSR count). The van der Waals surface area contributed by atoms with Crippen LogP contribution in [0.2, 0.25) is 0 Å². The molecule has 1 atom stereocenters. The Morgan fingerprint density at radius 3 is 2.45 bits per heavy atom. The summed E-state index contributed by atoms with van der Waals surface area (Å²) in [5.41, 5.74) is 1.01.